The summed E-state index contributed by atoms with van der Waals surface area (Å²) in [5.74, 6) is -0.901. The molecule has 3 aromatic heterocycles. The second-order valence-corrected chi connectivity index (χ2v) is 9.42. The highest BCUT2D eigenvalue weighted by Gasteiger charge is 2.18. The molecular formula is C26H26N8O2. The number of carbonyl (C=O) groups is 1. The van der Waals surface area contributed by atoms with Crippen LogP contribution in [0.5, 0.6) is 0 Å². The summed E-state index contributed by atoms with van der Waals surface area (Å²) in [5, 5.41) is 29.9. The molecule has 4 aromatic rings. The molecule has 36 heavy (non-hydrogen) atoms. The molecule has 0 saturated carbocycles. The van der Waals surface area contributed by atoms with Crippen LogP contribution in [0.4, 0.5) is 5.95 Å². The second kappa shape index (κ2) is 9.92. The molecular weight excluding hydrogens is 456 g/mol. The third-order valence-corrected chi connectivity index (χ3v) is 5.43. The van der Waals surface area contributed by atoms with Gasteiger partial charge in [-0.15, -0.1) is 5.10 Å². The molecule has 0 amide bonds. The van der Waals surface area contributed by atoms with Crippen LogP contribution in [0.1, 0.15) is 44.6 Å². The van der Waals surface area contributed by atoms with Crippen LogP contribution in [0.2, 0.25) is 0 Å². The van der Waals surface area contributed by atoms with E-state index in [2.05, 4.69) is 52.4 Å². The molecule has 0 aliphatic carbocycles. The highest BCUT2D eigenvalue weighted by Crippen LogP contribution is 2.25. The number of benzene rings is 1. The summed E-state index contributed by atoms with van der Waals surface area (Å²) >= 11 is 0. The Hall–Kier alpha value is -4.65. The molecule has 0 saturated heterocycles. The van der Waals surface area contributed by atoms with Gasteiger partial charge in [0.15, 0.2) is 0 Å². The van der Waals surface area contributed by atoms with E-state index in [1.165, 1.54) is 6.92 Å². The number of carboxylic acids is 1. The van der Waals surface area contributed by atoms with E-state index in [0.717, 1.165) is 11.4 Å². The minimum atomic E-state index is -1.03. The monoisotopic (exact) mass is 482 g/mol. The first-order valence-electron chi connectivity index (χ1n) is 11.4. The van der Waals surface area contributed by atoms with Crippen molar-refractivity contribution in [2.24, 2.45) is 0 Å². The van der Waals surface area contributed by atoms with E-state index in [0.29, 0.717) is 34.8 Å². The fourth-order valence-electron chi connectivity index (χ4n) is 3.44. The Morgan fingerprint density at radius 2 is 1.83 bits per heavy atom. The average molecular weight is 483 g/mol. The van der Waals surface area contributed by atoms with Crippen molar-refractivity contribution in [3.8, 4) is 28.7 Å². The van der Waals surface area contributed by atoms with Gasteiger partial charge < -0.3 is 10.4 Å². The zero-order chi connectivity index (χ0) is 25.9. The minimum absolute atomic E-state index is 0.0692. The highest BCUT2D eigenvalue weighted by atomic mass is 16.4. The lowest BCUT2D eigenvalue weighted by atomic mass is 9.91. The Bertz CT molecular complexity index is 1450. The van der Waals surface area contributed by atoms with E-state index in [-0.39, 0.29) is 11.4 Å². The Morgan fingerprint density at radius 1 is 1.08 bits per heavy atom. The van der Waals surface area contributed by atoms with Crippen LogP contribution in [-0.2, 0) is 16.8 Å². The Balaban J connectivity index is 1.69. The summed E-state index contributed by atoms with van der Waals surface area (Å²) < 4.78 is 1.68. The van der Waals surface area contributed by atoms with Gasteiger partial charge in [-0.1, -0.05) is 44.2 Å². The maximum absolute atomic E-state index is 11.4. The lowest BCUT2D eigenvalue weighted by Crippen LogP contribution is -2.26. The third kappa shape index (κ3) is 5.70. The summed E-state index contributed by atoms with van der Waals surface area (Å²) in [6.45, 7) is 8.27. The molecule has 2 N–H and O–H groups in total. The van der Waals surface area contributed by atoms with Gasteiger partial charge in [-0.3, -0.25) is 9.78 Å². The quantitative estimate of drug-likeness (QED) is 0.401. The van der Waals surface area contributed by atoms with Crippen LogP contribution in [0.25, 0.3) is 22.6 Å². The number of pyridine rings is 1. The molecule has 3 heterocycles. The largest absolute Gasteiger partial charge is 0.480 e. The maximum atomic E-state index is 11.4. The van der Waals surface area contributed by atoms with Crippen LogP contribution in [0, 0.1) is 11.3 Å². The number of nitriles is 1. The van der Waals surface area contributed by atoms with Crippen molar-refractivity contribution in [3.63, 3.8) is 0 Å². The van der Waals surface area contributed by atoms with Gasteiger partial charge in [-0.05, 0) is 37.3 Å². The summed E-state index contributed by atoms with van der Waals surface area (Å²) in [4.78, 5) is 25.1. The van der Waals surface area contributed by atoms with Gasteiger partial charge in [0.05, 0.1) is 41.5 Å². The molecule has 1 aromatic carbocycles. The van der Waals surface area contributed by atoms with Crippen molar-refractivity contribution in [3.05, 3.63) is 71.7 Å². The Morgan fingerprint density at radius 3 is 2.56 bits per heavy atom. The van der Waals surface area contributed by atoms with Crippen LogP contribution in [0.15, 0.2) is 54.7 Å². The Labute approximate surface area is 208 Å². The van der Waals surface area contributed by atoms with Crippen LogP contribution in [0.3, 0.4) is 0 Å². The molecule has 0 spiro atoms. The van der Waals surface area contributed by atoms with E-state index >= 15 is 0 Å². The molecule has 0 bridgehead atoms. The summed E-state index contributed by atoms with van der Waals surface area (Å²) in [6.07, 6.45) is 1.76. The minimum Gasteiger partial charge on any atom is -0.480 e. The first-order valence-corrected chi connectivity index (χ1v) is 11.4. The van der Waals surface area contributed by atoms with Crippen molar-refractivity contribution in [2.75, 3.05) is 5.32 Å². The molecule has 4 rings (SSSR count). The highest BCUT2D eigenvalue weighted by molar-refractivity contribution is 5.76. The van der Waals surface area contributed by atoms with E-state index in [1.807, 2.05) is 24.3 Å². The number of aromatic nitrogens is 6. The summed E-state index contributed by atoms with van der Waals surface area (Å²) in [7, 11) is 0. The lowest BCUT2D eigenvalue weighted by molar-refractivity contribution is -0.137. The van der Waals surface area contributed by atoms with Crippen molar-refractivity contribution in [2.45, 2.75) is 45.7 Å². The predicted octanol–water partition coefficient (Wildman–Crippen LogP) is 3.90. The molecule has 0 unspecified atom stereocenters. The molecule has 1 atom stereocenters. The zero-order valence-electron chi connectivity index (χ0n) is 20.5. The van der Waals surface area contributed by atoms with Gasteiger partial charge in [0, 0.05) is 16.7 Å². The number of nitrogens with zero attached hydrogens (tertiary/aromatic N) is 7. The van der Waals surface area contributed by atoms with E-state index in [9.17, 15) is 15.2 Å². The number of rotatable bonds is 7. The van der Waals surface area contributed by atoms with Gasteiger partial charge in [0.2, 0.25) is 5.95 Å². The normalized spacial score (nSPS) is 12.1. The van der Waals surface area contributed by atoms with Crippen molar-refractivity contribution in [1.82, 2.24) is 29.9 Å². The molecule has 10 heteroatoms. The topological polar surface area (TPSA) is 142 Å². The van der Waals surface area contributed by atoms with Gasteiger partial charge in [0.25, 0.3) is 0 Å². The van der Waals surface area contributed by atoms with Crippen molar-refractivity contribution in [1.29, 1.82) is 5.26 Å². The molecule has 0 radical (unpaired) electrons. The van der Waals surface area contributed by atoms with Crippen LogP contribution < -0.4 is 5.32 Å². The van der Waals surface area contributed by atoms with Crippen LogP contribution >= 0.6 is 0 Å². The van der Waals surface area contributed by atoms with E-state index in [4.69, 9.17) is 4.98 Å². The predicted molar refractivity (Wildman–Crippen MR) is 134 cm³/mol. The zero-order valence-corrected chi connectivity index (χ0v) is 20.5. The second-order valence-electron chi connectivity index (χ2n) is 9.42. The standard InChI is InChI=1S/C26H26N8O2/c1-16(24(35)36)28-25-30-20(18-8-5-7-17(11-18)13-27)12-21(31-25)22-15-34(33-32-22)14-19-9-6-10-23(29-19)26(2,3)4/h5-12,15-16H,14H2,1-4H3,(H,35,36)(H,28,30,31)/t16-/m0/s1. The van der Waals surface area contributed by atoms with E-state index < -0.39 is 12.0 Å². The van der Waals surface area contributed by atoms with E-state index in [1.54, 1.807) is 35.1 Å². The first kappa shape index (κ1) is 24.5. The number of carboxylic acid groups (broad SMARTS) is 1. The van der Waals surface area contributed by atoms with Gasteiger partial charge in [-0.25, -0.2) is 14.6 Å². The number of nitrogens with one attached hydrogen (secondary N) is 1. The van der Waals surface area contributed by atoms with Gasteiger partial charge in [-0.2, -0.15) is 5.26 Å². The first-order chi connectivity index (χ1) is 17.1. The number of hydrogen-bond acceptors (Lipinski definition) is 8. The third-order valence-electron chi connectivity index (χ3n) is 5.43. The lowest BCUT2D eigenvalue weighted by Gasteiger charge is -2.18. The van der Waals surface area contributed by atoms with Crippen molar-refractivity contribution >= 4 is 11.9 Å². The molecule has 182 valence electrons. The fraction of sp³-hybridized carbons (Fsp3) is 0.269. The molecule has 0 fully saturated rings. The average Bonchev–Trinajstić information content (AvgIpc) is 3.32. The fourth-order valence-corrected chi connectivity index (χ4v) is 3.44. The molecule has 0 aliphatic heterocycles. The maximum Gasteiger partial charge on any atom is 0.325 e. The number of anilines is 1. The Kier molecular flexibility index (Phi) is 6.74. The van der Waals surface area contributed by atoms with Crippen molar-refractivity contribution < 1.29 is 9.90 Å². The number of aliphatic carboxylic acids is 1. The smallest absolute Gasteiger partial charge is 0.325 e. The number of hydrogen-bond donors (Lipinski definition) is 2. The molecule has 10 nitrogen and oxygen atoms in total. The van der Waals surface area contributed by atoms with Gasteiger partial charge >= 0.3 is 5.97 Å². The van der Waals surface area contributed by atoms with Gasteiger partial charge in [0.1, 0.15) is 11.7 Å². The van der Waals surface area contributed by atoms with Crippen LogP contribution in [-0.4, -0.2) is 47.1 Å². The molecule has 0 aliphatic rings. The SMILES string of the molecule is C[C@H](Nc1nc(-c2cccc(C#N)c2)cc(-c2cn(Cc3cccc(C(C)(C)C)n3)nn2)n1)C(=O)O. The summed E-state index contributed by atoms with van der Waals surface area (Å²) in [6, 6.07) is 15.9. The summed E-state index contributed by atoms with van der Waals surface area (Å²) in [5.41, 5.74) is 4.43.